The van der Waals surface area contributed by atoms with Gasteiger partial charge in [-0.3, -0.25) is 14.6 Å². The summed E-state index contributed by atoms with van der Waals surface area (Å²) in [5.74, 6) is -1.35. The van der Waals surface area contributed by atoms with Crippen molar-refractivity contribution in [2.45, 2.75) is 6.42 Å². The second kappa shape index (κ2) is 5.61. The molecule has 6 heteroatoms. The molecule has 3 aromatic rings. The number of pyridine rings is 1. The van der Waals surface area contributed by atoms with Gasteiger partial charge in [0.25, 0.3) is 0 Å². The molecule has 5 nitrogen and oxygen atoms in total. The van der Waals surface area contributed by atoms with Crippen molar-refractivity contribution >= 4 is 34.3 Å². The van der Waals surface area contributed by atoms with Gasteiger partial charge in [0.15, 0.2) is 0 Å². The third kappa shape index (κ3) is 2.58. The van der Waals surface area contributed by atoms with E-state index >= 15 is 0 Å². The van der Waals surface area contributed by atoms with Crippen LogP contribution in [0.25, 0.3) is 10.9 Å². The number of hydrogen-bond acceptors (Lipinski definition) is 3. The first kappa shape index (κ1) is 14.3. The molecule has 0 unspecified atom stereocenters. The summed E-state index contributed by atoms with van der Waals surface area (Å²) < 4.78 is 0. The molecule has 22 heavy (non-hydrogen) atoms. The highest BCUT2D eigenvalue weighted by molar-refractivity contribution is 6.31. The van der Waals surface area contributed by atoms with E-state index in [1.54, 1.807) is 36.4 Å². The molecule has 0 saturated heterocycles. The second-order valence-corrected chi connectivity index (χ2v) is 5.22. The highest BCUT2D eigenvalue weighted by Gasteiger charge is 2.21. The number of ketones is 1. The van der Waals surface area contributed by atoms with Crippen LogP contribution >= 0.6 is 11.6 Å². The van der Waals surface area contributed by atoms with Gasteiger partial charge in [-0.05, 0) is 24.3 Å². The molecule has 0 saturated carbocycles. The number of nitrogens with zero attached hydrogens (tertiary/aromatic N) is 1. The average Bonchev–Trinajstić information content (AvgIpc) is 2.84. The number of carbonyl (C=O) groups is 2. The van der Waals surface area contributed by atoms with Gasteiger partial charge in [0, 0.05) is 27.7 Å². The van der Waals surface area contributed by atoms with Crippen LogP contribution in [0.5, 0.6) is 0 Å². The zero-order valence-corrected chi connectivity index (χ0v) is 12.1. The summed E-state index contributed by atoms with van der Waals surface area (Å²) >= 11 is 5.95. The van der Waals surface area contributed by atoms with Gasteiger partial charge in [0.1, 0.15) is 5.69 Å². The molecule has 2 N–H and O–H groups in total. The van der Waals surface area contributed by atoms with Crippen LogP contribution in [0.3, 0.4) is 0 Å². The third-order valence-electron chi connectivity index (χ3n) is 3.32. The molecule has 0 atom stereocenters. The molecule has 1 aromatic carbocycles. The van der Waals surface area contributed by atoms with Crippen LogP contribution in [0.2, 0.25) is 5.02 Å². The highest BCUT2D eigenvalue weighted by atomic mass is 35.5. The van der Waals surface area contributed by atoms with E-state index in [-0.39, 0.29) is 23.6 Å². The summed E-state index contributed by atoms with van der Waals surface area (Å²) in [6, 6.07) is 10.0. The molecule has 0 amide bonds. The van der Waals surface area contributed by atoms with Gasteiger partial charge in [-0.2, -0.15) is 0 Å². The minimum absolute atomic E-state index is 0.235. The highest BCUT2D eigenvalue weighted by Crippen LogP contribution is 2.27. The summed E-state index contributed by atoms with van der Waals surface area (Å²) in [4.78, 5) is 30.7. The summed E-state index contributed by atoms with van der Waals surface area (Å²) in [5.41, 5.74) is 1.56. The van der Waals surface area contributed by atoms with E-state index in [0.29, 0.717) is 21.5 Å². The zero-order valence-electron chi connectivity index (χ0n) is 11.3. The lowest BCUT2D eigenvalue weighted by atomic mass is 10.0. The lowest BCUT2D eigenvalue weighted by Crippen LogP contribution is -2.09. The van der Waals surface area contributed by atoms with Gasteiger partial charge in [0.2, 0.25) is 5.78 Å². The van der Waals surface area contributed by atoms with E-state index in [2.05, 4.69) is 9.97 Å². The molecule has 2 heterocycles. The van der Waals surface area contributed by atoms with Crippen molar-refractivity contribution in [3.8, 4) is 0 Å². The maximum atomic E-state index is 12.6. The van der Waals surface area contributed by atoms with E-state index < -0.39 is 5.97 Å². The number of benzene rings is 1. The Balaban J connectivity index is 2.19. The van der Waals surface area contributed by atoms with Crippen LogP contribution in [0.4, 0.5) is 0 Å². The number of carboxylic acids is 1. The third-order valence-corrected chi connectivity index (χ3v) is 3.56. The molecule has 0 aliphatic heterocycles. The summed E-state index contributed by atoms with van der Waals surface area (Å²) in [6.45, 7) is 0. The van der Waals surface area contributed by atoms with Crippen molar-refractivity contribution in [2.24, 2.45) is 0 Å². The molecular formula is C16H11ClN2O3. The van der Waals surface area contributed by atoms with E-state index in [1.165, 1.54) is 6.20 Å². The van der Waals surface area contributed by atoms with E-state index in [1.807, 2.05) is 0 Å². The Morgan fingerprint density at radius 2 is 2.05 bits per heavy atom. The Labute approximate surface area is 130 Å². The van der Waals surface area contributed by atoms with Gasteiger partial charge in [-0.25, -0.2) is 0 Å². The molecular weight excluding hydrogens is 304 g/mol. The lowest BCUT2D eigenvalue weighted by molar-refractivity contribution is -0.136. The fourth-order valence-electron chi connectivity index (χ4n) is 2.38. The van der Waals surface area contributed by atoms with Gasteiger partial charge in [-0.15, -0.1) is 0 Å². The first-order valence-corrected chi connectivity index (χ1v) is 6.91. The second-order valence-electron chi connectivity index (χ2n) is 4.78. The van der Waals surface area contributed by atoms with Gasteiger partial charge < -0.3 is 10.1 Å². The average molecular weight is 315 g/mol. The molecule has 0 fully saturated rings. The fraction of sp³-hybridized carbons (Fsp3) is 0.0625. The number of halogens is 1. The van der Waals surface area contributed by atoms with Crippen molar-refractivity contribution in [3.63, 3.8) is 0 Å². The van der Waals surface area contributed by atoms with Crippen LogP contribution in [0.15, 0.2) is 42.6 Å². The number of H-pyrrole nitrogens is 1. The van der Waals surface area contributed by atoms with Crippen LogP contribution < -0.4 is 0 Å². The number of aromatic nitrogens is 2. The van der Waals surface area contributed by atoms with E-state index in [0.717, 1.165) is 0 Å². The normalized spacial score (nSPS) is 10.8. The summed E-state index contributed by atoms with van der Waals surface area (Å²) in [6.07, 6.45) is 1.26. The number of aromatic amines is 1. The Morgan fingerprint density at radius 3 is 2.73 bits per heavy atom. The van der Waals surface area contributed by atoms with E-state index in [4.69, 9.17) is 16.7 Å². The number of nitrogens with one attached hydrogen (secondary N) is 1. The standard InChI is InChI=1S/C16H11ClN2O3/c17-9-4-5-10-11(8-14(20)21)15(19-13(10)7-9)16(22)12-3-1-2-6-18-12/h1-7,19H,8H2,(H,20,21). The monoisotopic (exact) mass is 314 g/mol. The molecule has 0 aliphatic rings. The Hall–Kier alpha value is -2.66. The first-order valence-electron chi connectivity index (χ1n) is 6.54. The van der Waals surface area contributed by atoms with Crippen molar-refractivity contribution in [3.05, 3.63) is 64.6 Å². The topological polar surface area (TPSA) is 83.0 Å². The number of aliphatic carboxylic acids is 1. The molecule has 2 aromatic heterocycles. The van der Waals surface area contributed by atoms with Crippen molar-refractivity contribution < 1.29 is 14.7 Å². The minimum atomic E-state index is -1.01. The largest absolute Gasteiger partial charge is 0.481 e. The maximum absolute atomic E-state index is 12.6. The molecule has 0 aliphatic carbocycles. The zero-order chi connectivity index (χ0) is 15.7. The quantitative estimate of drug-likeness (QED) is 0.725. The Kier molecular flexibility index (Phi) is 3.65. The molecule has 0 bridgehead atoms. The molecule has 3 rings (SSSR count). The number of carboxylic acid groups (broad SMARTS) is 1. The molecule has 0 spiro atoms. The lowest BCUT2D eigenvalue weighted by Gasteiger charge is -2.01. The van der Waals surface area contributed by atoms with Crippen LogP contribution in [0, 0.1) is 0 Å². The van der Waals surface area contributed by atoms with Crippen LogP contribution in [-0.2, 0) is 11.2 Å². The Bertz CT molecular complexity index is 872. The minimum Gasteiger partial charge on any atom is -0.481 e. The Morgan fingerprint density at radius 1 is 1.23 bits per heavy atom. The van der Waals surface area contributed by atoms with Crippen LogP contribution in [-0.4, -0.2) is 26.8 Å². The van der Waals surface area contributed by atoms with Gasteiger partial charge >= 0.3 is 5.97 Å². The van der Waals surface area contributed by atoms with Crippen molar-refractivity contribution in [1.29, 1.82) is 0 Å². The number of fused-ring (bicyclic) bond motifs is 1. The smallest absolute Gasteiger partial charge is 0.307 e. The van der Waals surface area contributed by atoms with Gasteiger partial charge in [-0.1, -0.05) is 23.7 Å². The fourth-order valence-corrected chi connectivity index (χ4v) is 2.55. The summed E-state index contributed by atoms with van der Waals surface area (Å²) in [7, 11) is 0. The first-order chi connectivity index (χ1) is 10.6. The molecule has 110 valence electrons. The van der Waals surface area contributed by atoms with Crippen molar-refractivity contribution in [1.82, 2.24) is 9.97 Å². The predicted octanol–water partition coefficient (Wildman–Crippen LogP) is 3.07. The number of hydrogen-bond donors (Lipinski definition) is 2. The maximum Gasteiger partial charge on any atom is 0.307 e. The predicted molar refractivity (Wildman–Crippen MR) is 82.3 cm³/mol. The molecule has 0 radical (unpaired) electrons. The van der Waals surface area contributed by atoms with Crippen molar-refractivity contribution in [2.75, 3.05) is 0 Å². The van der Waals surface area contributed by atoms with Crippen LogP contribution in [0.1, 0.15) is 21.7 Å². The number of carbonyl (C=O) groups excluding carboxylic acids is 1. The SMILES string of the molecule is O=C(O)Cc1c(C(=O)c2ccccn2)[nH]c2cc(Cl)ccc12. The summed E-state index contributed by atoms with van der Waals surface area (Å²) in [5, 5.41) is 10.3. The van der Waals surface area contributed by atoms with E-state index in [9.17, 15) is 9.59 Å². The number of rotatable bonds is 4. The van der Waals surface area contributed by atoms with Gasteiger partial charge in [0.05, 0.1) is 12.1 Å².